The largest absolute Gasteiger partial charge is 0.335 e. The summed E-state index contributed by atoms with van der Waals surface area (Å²) < 4.78 is 0. The molecule has 1 rings (SSSR count). The fourth-order valence-corrected chi connectivity index (χ4v) is 2.05. The Kier molecular flexibility index (Phi) is 4.59. The van der Waals surface area contributed by atoms with Crippen molar-refractivity contribution in [2.75, 3.05) is 19.6 Å². The zero-order valence-electron chi connectivity index (χ0n) is 10.8. The smallest absolute Gasteiger partial charge is 0.317 e. The third-order valence-electron chi connectivity index (χ3n) is 3.19. The van der Waals surface area contributed by atoms with Gasteiger partial charge in [-0.1, -0.05) is 20.8 Å². The minimum Gasteiger partial charge on any atom is -0.335 e. The SMILES string of the molecule is CC(C)(C)C(CCN)NC(=O)N1CCCC1. The Bertz CT molecular complexity index is 229. The molecule has 1 aliphatic heterocycles. The van der Waals surface area contributed by atoms with Crippen LogP contribution in [0.5, 0.6) is 0 Å². The summed E-state index contributed by atoms with van der Waals surface area (Å²) in [5.41, 5.74) is 5.65. The minimum atomic E-state index is 0.0642. The van der Waals surface area contributed by atoms with Crippen LogP contribution in [-0.4, -0.2) is 36.6 Å². The molecule has 1 fully saturated rings. The standard InChI is InChI=1S/C12H25N3O/c1-12(2,3)10(6-7-13)14-11(16)15-8-4-5-9-15/h10H,4-9,13H2,1-3H3,(H,14,16). The third-order valence-corrected chi connectivity index (χ3v) is 3.19. The van der Waals surface area contributed by atoms with E-state index in [1.165, 1.54) is 0 Å². The minimum absolute atomic E-state index is 0.0642. The zero-order valence-corrected chi connectivity index (χ0v) is 10.8. The summed E-state index contributed by atoms with van der Waals surface area (Å²) in [6, 6.07) is 0.233. The topological polar surface area (TPSA) is 58.4 Å². The van der Waals surface area contributed by atoms with Gasteiger partial charge in [-0.25, -0.2) is 4.79 Å². The second-order valence-electron chi connectivity index (χ2n) is 5.64. The van der Waals surface area contributed by atoms with Crippen molar-refractivity contribution in [3.63, 3.8) is 0 Å². The maximum absolute atomic E-state index is 12.0. The number of hydrogen-bond acceptors (Lipinski definition) is 2. The van der Waals surface area contributed by atoms with E-state index in [2.05, 4.69) is 26.1 Å². The summed E-state index contributed by atoms with van der Waals surface area (Å²) in [6.45, 7) is 8.81. The maximum atomic E-state index is 12.0. The third kappa shape index (κ3) is 3.67. The van der Waals surface area contributed by atoms with Crippen molar-refractivity contribution in [1.82, 2.24) is 10.2 Å². The Balaban J connectivity index is 2.50. The van der Waals surface area contributed by atoms with Gasteiger partial charge in [0.1, 0.15) is 0 Å². The number of hydrogen-bond donors (Lipinski definition) is 2. The summed E-state index contributed by atoms with van der Waals surface area (Å²) in [7, 11) is 0. The molecule has 1 saturated heterocycles. The number of carbonyl (C=O) groups excluding carboxylic acids is 1. The predicted molar refractivity (Wildman–Crippen MR) is 66.3 cm³/mol. The lowest BCUT2D eigenvalue weighted by Crippen LogP contribution is -2.49. The highest BCUT2D eigenvalue weighted by atomic mass is 16.2. The normalized spacial score (nSPS) is 18.6. The molecule has 3 N–H and O–H groups in total. The average Bonchev–Trinajstić information content (AvgIpc) is 2.68. The van der Waals surface area contributed by atoms with Crippen molar-refractivity contribution in [3.8, 4) is 0 Å². The predicted octanol–water partition coefficient (Wildman–Crippen LogP) is 1.56. The van der Waals surface area contributed by atoms with Crippen LogP contribution < -0.4 is 11.1 Å². The van der Waals surface area contributed by atoms with E-state index < -0.39 is 0 Å². The number of urea groups is 1. The molecule has 0 aromatic rings. The van der Waals surface area contributed by atoms with Gasteiger partial charge in [0, 0.05) is 19.1 Å². The van der Waals surface area contributed by atoms with E-state index in [1.54, 1.807) is 0 Å². The number of rotatable bonds is 3. The Hall–Kier alpha value is -0.770. The van der Waals surface area contributed by atoms with E-state index in [0.717, 1.165) is 32.4 Å². The van der Waals surface area contributed by atoms with Crippen LogP contribution in [0.3, 0.4) is 0 Å². The molecule has 0 aromatic carbocycles. The van der Waals surface area contributed by atoms with Gasteiger partial charge in [0.05, 0.1) is 0 Å². The van der Waals surface area contributed by atoms with Crippen LogP contribution in [0.2, 0.25) is 0 Å². The van der Waals surface area contributed by atoms with Crippen LogP contribution in [0.15, 0.2) is 0 Å². The average molecular weight is 227 g/mol. The maximum Gasteiger partial charge on any atom is 0.317 e. The first-order valence-corrected chi connectivity index (χ1v) is 6.20. The van der Waals surface area contributed by atoms with E-state index in [4.69, 9.17) is 5.73 Å². The first-order chi connectivity index (χ1) is 7.45. The van der Waals surface area contributed by atoms with E-state index in [0.29, 0.717) is 6.54 Å². The number of likely N-dealkylation sites (tertiary alicyclic amines) is 1. The van der Waals surface area contributed by atoms with Gasteiger partial charge in [-0.3, -0.25) is 0 Å². The van der Waals surface area contributed by atoms with Crippen molar-refractivity contribution < 1.29 is 4.79 Å². The number of carbonyl (C=O) groups is 1. The van der Waals surface area contributed by atoms with Crippen molar-refractivity contribution >= 4 is 6.03 Å². The summed E-state index contributed by atoms with van der Waals surface area (Å²) in [6.07, 6.45) is 3.10. The molecule has 1 atom stereocenters. The van der Waals surface area contributed by atoms with Crippen LogP contribution in [0, 0.1) is 5.41 Å². The number of amides is 2. The van der Waals surface area contributed by atoms with Gasteiger partial charge in [-0.15, -0.1) is 0 Å². The fourth-order valence-electron chi connectivity index (χ4n) is 2.05. The van der Waals surface area contributed by atoms with E-state index in [-0.39, 0.29) is 17.5 Å². The van der Waals surface area contributed by atoms with E-state index in [9.17, 15) is 4.79 Å². The molecule has 0 spiro atoms. The molecular weight excluding hydrogens is 202 g/mol. The lowest BCUT2D eigenvalue weighted by molar-refractivity contribution is 0.186. The number of nitrogens with one attached hydrogen (secondary N) is 1. The fraction of sp³-hybridized carbons (Fsp3) is 0.917. The molecule has 1 aliphatic rings. The van der Waals surface area contributed by atoms with Gasteiger partial charge in [0.15, 0.2) is 0 Å². The highest BCUT2D eigenvalue weighted by Gasteiger charge is 2.28. The molecule has 0 radical (unpaired) electrons. The van der Waals surface area contributed by atoms with Gasteiger partial charge < -0.3 is 16.0 Å². The Morgan fingerprint density at radius 2 is 1.94 bits per heavy atom. The van der Waals surface area contributed by atoms with Crippen molar-refractivity contribution in [3.05, 3.63) is 0 Å². The molecule has 0 bridgehead atoms. The molecule has 4 heteroatoms. The van der Waals surface area contributed by atoms with E-state index in [1.807, 2.05) is 4.90 Å². The Labute approximate surface area is 98.6 Å². The first kappa shape index (κ1) is 13.3. The Morgan fingerprint density at radius 1 is 1.38 bits per heavy atom. The van der Waals surface area contributed by atoms with Crippen LogP contribution in [-0.2, 0) is 0 Å². The van der Waals surface area contributed by atoms with Crippen LogP contribution in [0.25, 0.3) is 0 Å². The van der Waals surface area contributed by atoms with Gasteiger partial charge >= 0.3 is 6.03 Å². The number of nitrogens with two attached hydrogens (primary N) is 1. The molecule has 4 nitrogen and oxygen atoms in total. The van der Waals surface area contributed by atoms with Crippen molar-refractivity contribution in [1.29, 1.82) is 0 Å². The highest BCUT2D eigenvalue weighted by Crippen LogP contribution is 2.22. The molecule has 1 unspecified atom stereocenters. The monoisotopic (exact) mass is 227 g/mol. The lowest BCUT2D eigenvalue weighted by Gasteiger charge is -2.32. The quantitative estimate of drug-likeness (QED) is 0.768. The highest BCUT2D eigenvalue weighted by molar-refractivity contribution is 5.74. The van der Waals surface area contributed by atoms with E-state index >= 15 is 0 Å². The molecule has 16 heavy (non-hydrogen) atoms. The van der Waals surface area contributed by atoms with Gasteiger partial charge in [0.2, 0.25) is 0 Å². The molecule has 2 amide bonds. The molecule has 0 aromatic heterocycles. The molecule has 1 heterocycles. The van der Waals surface area contributed by atoms with Crippen molar-refractivity contribution in [2.24, 2.45) is 11.1 Å². The molecule has 0 aliphatic carbocycles. The summed E-state index contributed by atoms with van der Waals surface area (Å²) in [5.74, 6) is 0. The lowest BCUT2D eigenvalue weighted by atomic mass is 9.85. The van der Waals surface area contributed by atoms with Gasteiger partial charge in [-0.05, 0) is 31.2 Å². The summed E-state index contributed by atoms with van der Waals surface area (Å²) in [5, 5.41) is 3.11. The summed E-state index contributed by atoms with van der Waals surface area (Å²) in [4.78, 5) is 13.8. The number of nitrogens with zero attached hydrogens (tertiary/aromatic N) is 1. The molecule has 94 valence electrons. The second-order valence-corrected chi connectivity index (χ2v) is 5.64. The van der Waals surface area contributed by atoms with Crippen LogP contribution in [0.1, 0.15) is 40.0 Å². The second kappa shape index (κ2) is 5.53. The molecular formula is C12H25N3O. The molecule has 0 saturated carbocycles. The van der Waals surface area contributed by atoms with Gasteiger partial charge in [-0.2, -0.15) is 0 Å². The van der Waals surface area contributed by atoms with Crippen LogP contribution >= 0.6 is 0 Å². The van der Waals surface area contributed by atoms with Crippen LogP contribution in [0.4, 0.5) is 4.79 Å². The van der Waals surface area contributed by atoms with Crippen molar-refractivity contribution in [2.45, 2.75) is 46.1 Å². The Morgan fingerprint density at radius 3 is 2.38 bits per heavy atom. The summed E-state index contributed by atoms with van der Waals surface area (Å²) >= 11 is 0. The van der Waals surface area contributed by atoms with Gasteiger partial charge in [0.25, 0.3) is 0 Å². The first-order valence-electron chi connectivity index (χ1n) is 6.20. The zero-order chi connectivity index (χ0) is 12.2.